The number of halogens is 1. The number of nitriles is 1. The molecule has 0 radical (unpaired) electrons. The van der Waals surface area contributed by atoms with Crippen molar-refractivity contribution in [2.75, 3.05) is 6.54 Å². The van der Waals surface area contributed by atoms with E-state index in [1.54, 1.807) is 12.1 Å². The molecule has 2 amide bonds. The predicted molar refractivity (Wildman–Crippen MR) is 80.4 cm³/mol. The van der Waals surface area contributed by atoms with Gasteiger partial charge in [-0.3, -0.25) is 0 Å². The van der Waals surface area contributed by atoms with Crippen LogP contribution in [0.5, 0.6) is 0 Å². The van der Waals surface area contributed by atoms with Crippen LogP contribution in [0, 0.1) is 23.1 Å². The van der Waals surface area contributed by atoms with Crippen molar-refractivity contribution in [1.82, 2.24) is 10.2 Å². The van der Waals surface area contributed by atoms with Gasteiger partial charge in [-0.25, -0.2) is 9.18 Å². The van der Waals surface area contributed by atoms with Gasteiger partial charge in [-0.1, -0.05) is 12.5 Å². The van der Waals surface area contributed by atoms with E-state index in [1.807, 2.05) is 11.0 Å². The van der Waals surface area contributed by atoms with E-state index in [2.05, 4.69) is 5.32 Å². The number of nitrogens with one attached hydrogen (secondary N) is 1. The molecule has 1 saturated carbocycles. The lowest BCUT2D eigenvalue weighted by Crippen LogP contribution is -2.46. The highest BCUT2D eigenvalue weighted by Crippen LogP contribution is 2.37. The van der Waals surface area contributed by atoms with E-state index in [4.69, 9.17) is 5.26 Å². The first-order chi connectivity index (χ1) is 10.7. The van der Waals surface area contributed by atoms with Gasteiger partial charge < -0.3 is 10.2 Å². The summed E-state index contributed by atoms with van der Waals surface area (Å²) < 4.78 is 13.8. The summed E-state index contributed by atoms with van der Waals surface area (Å²) in [5.74, 6) is 0.205. The van der Waals surface area contributed by atoms with E-state index >= 15 is 0 Å². The number of benzene rings is 1. The standard InChI is InChI=1S/C17H20FN3O/c18-15-9-12(10-19)6-7-14(15)11-20-17(22)21-8-2-5-16(21)13-3-1-4-13/h6-7,9,13,16H,1-5,8,11H2,(H,20,22). The SMILES string of the molecule is N#Cc1ccc(CNC(=O)N2CCCC2C2CCC2)c(F)c1. The highest BCUT2D eigenvalue weighted by Gasteiger charge is 2.37. The predicted octanol–water partition coefficient (Wildman–Crippen LogP) is 3.17. The van der Waals surface area contributed by atoms with Crippen LogP contribution in [0.1, 0.15) is 43.2 Å². The molecule has 1 heterocycles. The van der Waals surface area contributed by atoms with Gasteiger partial charge in [-0.05, 0) is 43.7 Å². The molecule has 22 heavy (non-hydrogen) atoms. The van der Waals surface area contributed by atoms with Gasteiger partial charge in [-0.15, -0.1) is 0 Å². The van der Waals surface area contributed by atoms with Crippen molar-refractivity contribution < 1.29 is 9.18 Å². The van der Waals surface area contributed by atoms with Crippen LogP contribution in [-0.4, -0.2) is 23.5 Å². The van der Waals surface area contributed by atoms with Crippen LogP contribution < -0.4 is 5.32 Å². The molecule has 1 aliphatic heterocycles. The van der Waals surface area contributed by atoms with E-state index in [0.717, 1.165) is 19.4 Å². The first-order valence-corrected chi connectivity index (χ1v) is 7.92. The number of hydrogen-bond acceptors (Lipinski definition) is 2. The Hall–Kier alpha value is -2.09. The Labute approximate surface area is 129 Å². The fourth-order valence-electron chi connectivity index (χ4n) is 3.39. The third kappa shape index (κ3) is 2.92. The van der Waals surface area contributed by atoms with Crippen molar-refractivity contribution in [3.63, 3.8) is 0 Å². The maximum Gasteiger partial charge on any atom is 0.317 e. The largest absolute Gasteiger partial charge is 0.334 e. The van der Waals surface area contributed by atoms with Crippen molar-refractivity contribution >= 4 is 6.03 Å². The van der Waals surface area contributed by atoms with Gasteiger partial charge in [0.2, 0.25) is 0 Å². The first-order valence-electron chi connectivity index (χ1n) is 7.92. The van der Waals surface area contributed by atoms with Crippen LogP contribution in [0.2, 0.25) is 0 Å². The van der Waals surface area contributed by atoms with Crippen LogP contribution in [0.25, 0.3) is 0 Å². The van der Waals surface area contributed by atoms with Crippen molar-refractivity contribution in [1.29, 1.82) is 5.26 Å². The Bertz CT molecular complexity index is 606. The quantitative estimate of drug-likeness (QED) is 0.932. The summed E-state index contributed by atoms with van der Waals surface area (Å²) >= 11 is 0. The summed E-state index contributed by atoms with van der Waals surface area (Å²) in [6.45, 7) is 0.952. The summed E-state index contributed by atoms with van der Waals surface area (Å²) in [6, 6.07) is 6.49. The zero-order chi connectivity index (χ0) is 15.5. The smallest absolute Gasteiger partial charge is 0.317 e. The number of nitrogens with zero attached hydrogens (tertiary/aromatic N) is 2. The number of amides is 2. The van der Waals surface area contributed by atoms with Gasteiger partial charge in [0.25, 0.3) is 0 Å². The van der Waals surface area contributed by atoms with Gasteiger partial charge >= 0.3 is 6.03 Å². The van der Waals surface area contributed by atoms with Gasteiger partial charge in [-0.2, -0.15) is 5.26 Å². The average Bonchev–Trinajstić information content (AvgIpc) is 2.92. The maximum atomic E-state index is 13.8. The minimum atomic E-state index is -0.448. The Balaban J connectivity index is 1.59. The molecule has 1 unspecified atom stereocenters. The van der Waals surface area contributed by atoms with Gasteiger partial charge in [0, 0.05) is 24.7 Å². The summed E-state index contributed by atoms with van der Waals surface area (Å²) in [4.78, 5) is 14.3. The molecule has 5 heteroatoms. The summed E-state index contributed by atoms with van der Waals surface area (Å²) in [5.41, 5.74) is 0.698. The molecular weight excluding hydrogens is 281 g/mol. The summed E-state index contributed by atoms with van der Waals surface area (Å²) in [7, 11) is 0. The highest BCUT2D eigenvalue weighted by molar-refractivity contribution is 5.75. The normalized spacial score (nSPS) is 21.3. The van der Waals surface area contributed by atoms with Crippen molar-refractivity contribution in [2.24, 2.45) is 5.92 Å². The minimum Gasteiger partial charge on any atom is -0.334 e. The van der Waals surface area contributed by atoms with Crippen molar-refractivity contribution in [2.45, 2.75) is 44.7 Å². The second-order valence-corrected chi connectivity index (χ2v) is 6.17. The second-order valence-electron chi connectivity index (χ2n) is 6.17. The van der Waals surface area contributed by atoms with Crippen LogP contribution in [0.15, 0.2) is 18.2 Å². The molecule has 2 aliphatic rings. The molecule has 0 spiro atoms. The minimum absolute atomic E-state index is 0.0989. The molecule has 0 bridgehead atoms. The number of carbonyl (C=O) groups excluding carboxylic acids is 1. The third-order valence-electron chi connectivity index (χ3n) is 4.87. The molecule has 2 fully saturated rings. The summed E-state index contributed by atoms with van der Waals surface area (Å²) in [5, 5.41) is 11.5. The Morgan fingerprint density at radius 1 is 1.36 bits per heavy atom. The van der Waals surface area contributed by atoms with E-state index in [9.17, 15) is 9.18 Å². The van der Waals surface area contributed by atoms with E-state index in [0.29, 0.717) is 17.5 Å². The third-order valence-corrected chi connectivity index (χ3v) is 4.87. The molecule has 4 nitrogen and oxygen atoms in total. The lowest BCUT2D eigenvalue weighted by atomic mass is 9.79. The fraction of sp³-hybridized carbons (Fsp3) is 0.529. The molecule has 1 saturated heterocycles. The van der Waals surface area contributed by atoms with Crippen LogP contribution in [0.4, 0.5) is 9.18 Å². The lowest BCUT2D eigenvalue weighted by Gasteiger charge is -2.37. The lowest BCUT2D eigenvalue weighted by molar-refractivity contribution is 0.139. The summed E-state index contributed by atoms with van der Waals surface area (Å²) in [6.07, 6.45) is 5.85. The molecule has 1 atom stereocenters. The molecular formula is C17H20FN3O. The average molecular weight is 301 g/mol. The number of urea groups is 1. The Morgan fingerprint density at radius 3 is 2.82 bits per heavy atom. The fourth-order valence-corrected chi connectivity index (χ4v) is 3.39. The van der Waals surface area contributed by atoms with Gasteiger partial charge in [0.1, 0.15) is 5.82 Å². The molecule has 3 rings (SSSR count). The molecule has 116 valence electrons. The number of rotatable bonds is 3. The molecule has 0 aromatic heterocycles. The van der Waals surface area contributed by atoms with Gasteiger partial charge in [0.15, 0.2) is 0 Å². The Morgan fingerprint density at radius 2 is 2.18 bits per heavy atom. The molecule has 1 aromatic rings. The Kier molecular flexibility index (Phi) is 4.28. The van der Waals surface area contributed by atoms with Crippen LogP contribution in [-0.2, 0) is 6.54 Å². The first kappa shape index (κ1) is 14.8. The molecule has 1 aliphatic carbocycles. The van der Waals surface area contributed by atoms with Gasteiger partial charge in [0.05, 0.1) is 11.6 Å². The zero-order valence-corrected chi connectivity index (χ0v) is 12.5. The van der Waals surface area contributed by atoms with Crippen molar-refractivity contribution in [3.8, 4) is 6.07 Å². The highest BCUT2D eigenvalue weighted by atomic mass is 19.1. The van der Waals surface area contributed by atoms with E-state index in [1.165, 1.54) is 25.3 Å². The molecule has 1 aromatic carbocycles. The number of likely N-dealkylation sites (tertiary alicyclic amines) is 1. The topological polar surface area (TPSA) is 56.1 Å². The van der Waals surface area contributed by atoms with E-state index in [-0.39, 0.29) is 18.1 Å². The maximum absolute atomic E-state index is 13.8. The zero-order valence-electron chi connectivity index (χ0n) is 12.5. The second kappa shape index (κ2) is 6.35. The van der Waals surface area contributed by atoms with Crippen LogP contribution in [0.3, 0.4) is 0 Å². The number of hydrogen-bond donors (Lipinski definition) is 1. The monoisotopic (exact) mass is 301 g/mol. The van der Waals surface area contributed by atoms with E-state index < -0.39 is 5.82 Å². The van der Waals surface area contributed by atoms with Crippen LogP contribution >= 0.6 is 0 Å². The number of carbonyl (C=O) groups is 1. The van der Waals surface area contributed by atoms with Crippen molar-refractivity contribution in [3.05, 3.63) is 35.1 Å². The molecule has 1 N–H and O–H groups in total.